The third-order valence-corrected chi connectivity index (χ3v) is 2.90. The smallest absolute Gasteiger partial charge is 0.0731 e. The van der Waals surface area contributed by atoms with Crippen molar-refractivity contribution in [3.8, 4) is 0 Å². The second-order valence-corrected chi connectivity index (χ2v) is 4.22. The number of aromatic nitrogens is 1. The zero-order valence-corrected chi connectivity index (χ0v) is 9.74. The molecule has 0 spiro atoms. The van der Waals surface area contributed by atoms with Gasteiger partial charge in [0.15, 0.2) is 0 Å². The molecule has 1 fully saturated rings. The van der Waals surface area contributed by atoms with Gasteiger partial charge >= 0.3 is 0 Å². The molecule has 1 aliphatic rings. The number of nitrogens with zero attached hydrogens (tertiary/aromatic N) is 1. The molecule has 0 aliphatic carbocycles. The quantitative estimate of drug-likeness (QED) is 0.702. The van der Waals surface area contributed by atoms with Gasteiger partial charge in [-0.15, -0.1) is 0 Å². The van der Waals surface area contributed by atoms with Crippen molar-refractivity contribution in [2.24, 2.45) is 0 Å². The first kappa shape index (κ1) is 11.6. The molecule has 4 nitrogen and oxygen atoms in total. The van der Waals surface area contributed by atoms with Gasteiger partial charge in [0.1, 0.15) is 0 Å². The summed E-state index contributed by atoms with van der Waals surface area (Å²) in [4.78, 5) is 5.52. The van der Waals surface area contributed by atoms with E-state index in [9.17, 15) is 0 Å². The van der Waals surface area contributed by atoms with Crippen LogP contribution in [-0.2, 0) is 11.3 Å². The van der Waals surface area contributed by atoms with E-state index < -0.39 is 0 Å². The molecular formula is C12H21N3O. The van der Waals surface area contributed by atoms with Crippen LogP contribution in [0.25, 0.3) is 0 Å². The lowest BCUT2D eigenvalue weighted by Gasteiger charge is -2.26. The maximum Gasteiger partial charge on any atom is 0.0731 e. The molecule has 1 saturated heterocycles. The van der Waals surface area contributed by atoms with Crippen molar-refractivity contribution in [3.05, 3.63) is 24.0 Å². The van der Waals surface area contributed by atoms with Crippen molar-refractivity contribution in [3.63, 3.8) is 0 Å². The van der Waals surface area contributed by atoms with E-state index in [4.69, 9.17) is 4.74 Å². The van der Waals surface area contributed by atoms with Gasteiger partial charge in [0.25, 0.3) is 0 Å². The van der Waals surface area contributed by atoms with E-state index in [0.717, 1.165) is 39.3 Å². The van der Waals surface area contributed by atoms with Crippen LogP contribution in [0, 0.1) is 0 Å². The summed E-state index contributed by atoms with van der Waals surface area (Å²) >= 11 is 0. The fraction of sp³-hybridized carbons (Fsp3) is 0.667. The molecule has 0 radical (unpaired) electrons. The van der Waals surface area contributed by atoms with Crippen LogP contribution in [0.5, 0.6) is 0 Å². The number of rotatable bonds is 6. The minimum atomic E-state index is 0.727. The third kappa shape index (κ3) is 3.96. The van der Waals surface area contributed by atoms with E-state index in [1.54, 1.807) is 0 Å². The van der Waals surface area contributed by atoms with E-state index >= 15 is 0 Å². The Kier molecular flexibility index (Phi) is 4.86. The predicted octanol–water partition coefficient (Wildman–Crippen LogP) is 0.827. The molecular weight excluding hydrogens is 202 g/mol. The highest BCUT2D eigenvalue weighted by atomic mass is 16.5. The topological polar surface area (TPSA) is 40.3 Å². The van der Waals surface area contributed by atoms with Crippen LogP contribution >= 0.6 is 0 Å². The van der Waals surface area contributed by atoms with Crippen molar-refractivity contribution >= 4 is 0 Å². The Balaban J connectivity index is 1.48. The molecule has 1 aliphatic heterocycles. The van der Waals surface area contributed by atoms with Gasteiger partial charge in [0.2, 0.25) is 0 Å². The lowest BCUT2D eigenvalue weighted by Crippen LogP contribution is -2.43. The molecule has 16 heavy (non-hydrogen) atoms. The van der Waals surface area contributed by atoms with Gasteiger partial charge in [-0.3, -0.25) is 0 Å². The van der Waals surface area contributed by atoms with Crippen LogP contribution in [0.2, 0.25) is 0 Å². The van der Waals surface area contributed by atoms with Gasteiger partial charge in [-0.2, -0.15) is 0 Å². The average molecular weight is 223 g/mol. The summed E-state index contributed by atoms with van der Waals surface area (Å²) in [6.07, 6.45) is 5.04. The van der Waals surface area contributed by atoms with Crippen molar-refractivity contribution in [1.29, 1.82) is 0 Å². The summed E-state index contributed by atoms with van der Waals surface area (Å²) in [6.45, 7) is 7.36. The lowest BCUT2D eigenvalue weighted by molar-refractivity contribution is 0.106. The van der Waals surface area contributed by atoms with Crippen molar-refractivity contribution in [2.75, 3.05) is 39.3 Å². The molecule has 0 aromatic carbocycles. The highest BCUT2D eigenvalue weighted by molar-refractivity contribution is 5.06. The molecule has 0 bridgehead atoms. The second kappa shape index (κ2) is 6.68. The fourth-order valence-corrected chi connectivity index (χ4v) is 1.96. The Morgan fingerprint density at radius 2 is 2.19 bits per heavy atom. The maximum absolute atomic E-state index is 5.61. The third-order valence-electron chi connectivity index (χ3n) is 2.90. The molecule has 0 saturated carbocycles. The first-order valence-corrected chi connectivity index (χ1v) is 6.07. The summed E-state index contributed by atoms with van der Waals surface area (Å²) in [5.74, 6) is 0. The van der Waals surface area contributed by atoms with Gasteiger partial charge in [0, 0.05) is 51.7 Å². The monoisotopic (exact) mass is 223 g/mol. The standard InChI is InChI=1S/C12H21N3O/c1(6-15-7-4-13-5-8-15)9-16-11-12-2-3-14-10-12/h2-3,10,13-14H,1,4-9,11H2. The van der Waals surface area contributed by atoms with E-state index in [2.05, 4.69) is 21.3 Å². The zero-order chi connectivity index (χ0) is 11.1. The maximum atomic E-state index is 5.61. The van der Waals surface area contributed by atoms with Crippen molar-refractivity contribution < 1.29 is 4.74 Å². The summed E-state index contributed by atoms with van der Waals surface area (Å²) in [7, 11) is 0. The number of ether oxygens (including phenoxy) is 1. The molecule has 2 heterocycles. The van der Waals surface area contributed by atoms with E-state index in [0.29, 0.717) is 0 Å². The highest BCUT2D eigenvalue weighted by Gasteiger charge is 2.07. The van der Waals surface area contributed by atoms with E-state index in [1.807, 2.05) is 12.4 Å². The minimum absolute atomic E-state index is 0.727. The molecule has 1 aromatic heterocycles. The Morgan fingerprint density at radius 3 is 2.94 bits per heavy atom. The molecule has 4 heteroatoms. The van der Waals surface area contributed by atoms with Crippen molar-refractivity contribution in [1.82, 2.24) is 15.2 Å². The summed E-state index contributed by atoms with van der Waals surface area (Å²) in [5, 5.41) is 3.36. The van der Waals surface area contributed by atoms with Gasteiger partial charge in [0.05, 0.1) is 6.61 Å². The Morgan fingerprint density at radius 1 is 1.31 bits per heavy atom. The van der Waals surface area contributed by atoms with E-state index in [1.165, 1.54) is 18.7 Å². The van der Waals surface area contributed by atoms with Gasteiger partial charge in [-0.1, -0.05) is 0 Å². The van der Waals surface area contributed by atoms with E-state index in [-0.39, 0.29) is 0 Å². The number of piperazine rings is 1. The average Bonchev–Trinajstić information content (AvgIpc) is 2.83. The first-order chi connectivity index (χ1) is 7.95. The number of nitrogens with one attached hydrogen (secondary N) is 2. The van der Waals surface area contributed by atoms with Crippen LogP contribution < -0.4 is 5.32 Å². The molecule has 2 rings (SSSR count). The number of hydrogen-bond donors (Lipinski definition) is 2. The number of aromatic amines is 1. The number of hydrogen-bond acceptors (Lipinski definition) is 3. The largest absolute Gasteiger partial charge is 0.377 e. The SMILES string of the molecule is c1cc(COCCCN2CCNCC2)c[nH]1. The van der Waals surface area contributed by atoms with Crippen LogP contribution in [0.15, 0.2) is 18.5 Å². The van der Waals surface area contributed by atoms with Crippen LogP contribution in [-0.4, -0.2) is 49.2 Å². The van der Waals surface area contributed by atoms with Crippen LogP contribution in [0.4, 0.5) is 0 Å². The Hall–Kier alpha value is -0.840. The molecule has 0 unspecified atom stereocenters. The lowest BCUT2D eigenvalue weighted by atomic mass is 10.3. The Labute approximate surface area is 97.0 Å². The van der Waals surface area contributed by atoms with Gasteiger partial charge < -0.3 is 19.9 Å². The Bertz CT molecular complexity index is 268. The summed E-state index contributed by atoms with van der Waals surface area (Å²) in [5.41, 5.74) is 1.22. The molecule has 2 N–H and O–H groups in total. The van der Waals surface area contributed by atoms with Crippen molar-refractivity contribution in [2.45, 2.75) is 13.0 Å². The highest BCUT2D eigenvalue weighted by Crippen LogP contribution is 2.00. The normalized spacial score (nSPS) is 17.8. The molecule has 90 valence electrons. The summed E-state index contributed by atoms with van der Waals surface area (Å²) < 4.78 is 5.61. The number of H-pyrrole nitrogens is 1. The molecule has 0 atom stereocenters. The second-order valence-electron chi connectivity index (χ2n) is 4.22. The minimum Gasteiger partial charge on any atom is -0.377 e. The predicted molar refractivity (Wildman–Crippen MR) is 64.4 cm³/mol. The molecule has 0 amide bonds. The van der Waals surface area contributed by atoms with Gasteiger partial charge in [-0.25, -0.2) is 0 Å². The van der Waals surface area contributed by atoms with Gasteiger partial charge in [-0.05, 0) is 18.1 Å². The summed E-state index contributed by atoms with van der Waals surface area (Å²) in [6, 6.07) is 2.05. The molecule has 1 aromatic rings. The van der Waals surface area contributed by atoms with Crippen LogP contribution in [0.3, 0.4) is 0 Å². The zero-order valence-electron chi connectivity index (χ0n) is 9.74. The fourth-order valence-electron chi connectivity index (χ4n) is 1.96. The first-order valence-electron chi connectivity index (χ1n) is 6.07. The van der Waals surface area contributed by atoms with Crippen LogP contribution in [0.1, 0.15) is 12.0 Å².